The van der Waals surface area contributed by atoms with E-state index in [4.69, 9.17) is 5.11 Å². The van der Waals surface area contributed by atoms with Gasteiger partial charge in [-0.3, -0.25) is 9.69 Å². The molecule has 0 saturated carbocycles. The number of likely N-dealkylation sites (N-methyl/N-ethyl adjacent to an activating group) is 1. The van der Waals surface area contributed by atoms with Gasteiger partial charge in [0, 0.05) is 7.05 Å². The number of carbonyl (C=O) groups excluding carboxylic acids is 1. The van der Waals surface area contributed by atoms with Crippen molar-refractivity contribution in [1.29, 1.82) is 0 Å². The van der Waals surface area contributed by atoms with Crippen molar-refractivity contribution in [2.45, 2.75) is 0 Å². The van der Waals surface area contributed by atoms with Gasteiger partial charge in [0.15, 0.2) is 17.4 Å². The largest absolute Gasteiger partial charge is 0.503 e. The first-order chi connectivity index (χ1) is 12.0. The average molecular weight is 340 g/mol. The third kappa shape index (κ3) is 3.47. The van der Waals surface area contributed by atoms with E-state index in [9.17, 15) is 13.6 Å². The van der Waals surface area contributed by atoms with Crippen LogP contribution in [0.4, 0.5) is 8.78 Å². The van der Waals surface area contributed by atoms with Crippen molar-refractivity contribution >= 4 is 23.9 Å². The molecule has 0 bridgehead atoms. The van der Waals surface area contributed by atoms with Gasteiger partial charge in [0.25, 0.3) is 5.91 Å². The molecule has 0 atom stereocenters. The minimum absolute atomic E-state index is 0.0553. The molecule has 1 N–H and O–H groups in total. The number of carbonyl (C=O) groups is 1. The molecule has 1 aliphatic heterocycles. The van der Waals surface area contributed by atoms with E-state index < -0.39 is 17.4 Å². The number of hydrogen-bond donors (Lipinski definition) is 1. The van der Waals surface area contributed by atoms with Crippen molar-refractivity contribution in [3.05, 3.63) is 77.0 Å². The lowest BCUT2D eigenvalue weighted by atomic mass is 10.1. The van der Waals surface area contributed by atoms with Crippen molar-refractivity contribution in [3.63, 3.8) is 0 Å². The predicted octanol–water partition coefficient (Wildman–Crippen LogP) is 3.60. The van der Waals surface area contributed by atoms with Crippen LogP contribution in [-0.4, -0.2) is 28.8 Å². The summed E-state index contributed by atoms with van der Waals surface area (Å²) in [7, 11) is 1.56. The molecule has 0 unspecified atom stereocenters. The van der Waals surface area contributed by atoms with E-state index in [2.05, 4.69) is 4.99 Å². The van der Waals surface area contributed by atoms with Gasteiger partial charge in [-0.2, -0.15) is 0 Å². The molecule has 1 amide bonds. The van der Waals surface area contributed by atoms with Crippen LogP contribution in [0.1, 0.15) is 11.1 Å². The first-order valence-corrected chi connectivity index (χ1v) is 7.45. The van der Waals surface area contributed by atoms with Gasteiger partial charge < -0.3 is 5.11 Å². The standard InChI is InChI=1S/C19H14F2N2O2/c1-23-17(8-7-12-5-3-2-4-6-12)22-16(19(23)25)11-13-9-14(20)18(24)15(21)10-13/h2-11,24H,1H3/b8-7+,16-11-. The fourth-order valence-electron chi connectivity index (χ4n) is 2.33. The Kier molecular flexibility index (Phi) is 4.43. The lowest BCUT2D eigenvalue weighted by Gasteiger charge is -2.07. The molecular formula is C19H14F2N2O2. The van der Waals surface area contributed by atoms with Crippen LogP contribution in [0.3, 0.4) is 0 Å². The zero-order valence-electron chi connectivity index (χ0n) is 13.3. The van der Waals surface area contributed by atoms with Crippen LogP contribution in [0.5, 0.6) is 5.75 Å². The quantitative estimate of drug-likeness (QED) is 0.868. The number of phenols is 1. The zero-order valence-corrected chi connectivity index (χ0v) is 13.3. The summed E-state index contributed by atoms with van der Waals surface area (Å²) in [5.41, 5.74) is 1.10. The van der Waals surface area contributed by atoms with Crippen molar-refractivity contribution < 1.29 is 18.7 Å². The summed E-state index contributed by atoms with van der Waals surface area (Å²) in [6.45, 7) is 0. The highest BCUT2D eigenvalue weighted by molar-refractivity contribution is 6.18. The molecule has 126 valence electrons. The molecule has 1 heterocycles. The maximum atomic E-state index is 13.4. The molecule has 2 aromatic carbocycles. The second-order valence-corrected chi connectivity index (χ2v) is 5.44. The molecule has 0 spiro atoms. The highest BCUT2D eigenvalue weighted by atomic mass is 19.1. The van der Waals surface area contributed by atoms with Crippen LogP contribution in [-0.2, 0) is 4.79 Å². The monoisotopic (exact) mass is 340 g/mol. The molecule has 0 aromatic heterocycles. The number of halogens is 2. The summed E-state index contributed by atoms with van der Waals surface area (Å²) < 4.78 is 26.8. The Bertz CT molecular complexity index is 895. The van der Waals surface area contributed by atoms with Gasteiger partial charge in [-0.1, -0.05) is 36.4 Å². The van der Waals surface area contributed by atoms with Gasteiger partial charge >= 0.3 is 0 Å². The lowest BCUT2D eigenvalue weighted by molar-refractivity contribution is -0.121. The van der Waals surface area contributed by atoms with Gasteiger partial charge in [0.2, 0.25) is 0 Å². The van der Waals surface area contributed by atoms with E-state index in [1.54, 1.807) is 13.1 Å². The molecule has 6 heteroatoms. The Hall–Kier alpha value is -3.28. The number of amides is 1. The van der Waals surface area contributed by atoms with Gasteiger partial charge in [-0.25, -0.2) is 13.8 Å². The SMILES string of the molecule is CN1C(=O)/C(=C/c2cc(F)c(O)c(F)c2)N=C1/C=C/c1ccccc1. The van der Waals surface area contributed by atoms with Crippen molar-refractivity contribution in [2.75, 3.05) is 7.05 Å². The van der Waals surface area contributed by atoms with Crippen LogP contribution >= 0.6 is 0 Å². The smallest absolute Gasteiger partial charge is 0.277 e. The van der Waals surface area contributed by atoms with E-state index in [0.29, 0.717) is 5.84 Å². The molecule has 25 heavy (non-hydrogen) atoms. The number of aromatic hydroxyl groups is 1. The number of rotatable bonds is 3. The molecule has 0 aliphatic carbocycles. The lowest BCUT2D eigenvalue weighted by Crippen LogP contribution is -2.26. The molecule has 1 aliphatic rings. The van der Waals surface area contributed by atoms with Crippen molar-refractivity contribution in [1.82, 2.24) is 4.90 Å². The van der Waals surface area contributed by atoms with Crippen LogP contribution in [0.25, 0.3) is 12.2 Å². The summed E-state index contributed by atoms with van der Waals surface area (Å²) in [6, 6.07) is 11.4. The number of hydrogen-bond acceptors (Lipinski definition) is 3. The maximum absolute atomic E-state index is 13.4. The number of amidine groups is 1. The maximum Gasteiger partial charge on any atom is 0.277 e. The minimum atomic E-state index is -1.10. The van der Waals surface area contributed by atoms with Gasteiger partial charge in [0.05, 0.1) is 0 Å². The van der Waals surface area contributed by atoms with Crippen LogP contribution in [0, 0.1) is 11.6 Å². The number of phenolic OH excluding ortho intramolecular Hbond substituents is 1. The summed E-state index contributed by atoms with van der Waals surface area (Å²) in [5, 5.41) is 9.12. The van der Waals surface area contributed by atoms with E-state index in [1.807, 2.05) is 36.4 Å². The number of nitrogens with zero attached hydrogens (tertiary/aromatic N) is 2. The number of aliphatic imine (C=N–C) groups is 1. The average Bonchev–Trinajstić information content (AvgIpc) is 2.86. The summed E-state index contributed by atoms with van der Waals surface area (Å²) in [6.07, 6.45) is 4.77. The normalized spacial score (nSPS) is 16.1. The Labute approximate surface area is 143 Å². The molecule has 2 aromatic rings. The minimum Gasteiger partial charge on any atom is -0.503 e. The first-order valence-electron chi connectivity index (χ1n) is 7.45. The molecule has 0 radical (unpaired) electrons. The van der Waals surface area contributed by atoms with Gasteiger partial charge in [-0.05, 0) is 35.4 Å². The third-order valence-corrected chi connectivity index (χ3v) is 3.67. The van der Waals surface area contributed by atoms with Crippen LogP contribution in [0.15, 0.2) is 59.2 Å². The Morgan fingerprint density at radius 1 is 1.04 bits per heavy atom. The predicted molar refractivity (Wildman–Crippen MR) is 91.7 cm³/mol. The summed E-state index contributed by atoms with van der Waals surface area (Å²) >= 11 is 0. The van der Waals surface area contributed by atoms with Gasteiger partial charge in [0.1, 0.15) is 11.5 Å². The molecule has 3 rings (SSSR count). The van der Waals surface area contributed by atoms with Crippen molar-refractivity contribution in [2.24, 2.45) is 4.99 Å². The first kappa shape index (κ1) is 16.6. The summed E-state index contributed by atoms with van der Waals surface area (Å²) in [5.74, 6) is -3.22. The fraction of sp³-hybridized carbons (Fsp3) is 0.0526. The molecular weight excluding hydrogens is 326 g/mol. The molecule has 4 nitrogen and oxygen atoms in total. The molecule has 0 saturated heterocycles. The highest BCUT2D eigenvalue weighted by Gasteiger charge is 2.25. The second kappa shape index (κ2) is 6.68. The summed E-state index contributed by atoms with van der Waals surface area (Å²) in [4.78, 5) is 17.8. The van der Waals surface area contributed by atoms with E-state index in [-0.39, 0.29) is 17.2 Å². The van der Waals surface area contributed by atoms with E-state index in [1.165, 1.54) is 11.0 Å². The van der Waals surface area contributed by atoms with Gasteiger partial charge in [-0.15, -0.1) is 0 Å². The highest BCUT2D eigenvalue weighted by Crippen LogP contribution is 2.24. The third-order valence-electron chi connectivity index (χ3n) is 3.67. The zero-order chi connectivity index (χ0) is 18.0. The van der Waals surface area contributed by atoms with Crippen molar-refractivity contribution in [3.8, 4) is 5.75 Å². The molecule has 0 fully saturated rings. The van der Waals surface area contributed by atoms with Crippen LogP contribution in [0.2, 0.25) is 0 Å². The Balaban J connectivity index is 1.91. The van der Waals surface area contributed by atoms with Crippen LogP contribution < -0.4 is 0 Å². The second-order valence-electron chi connectivity index (χ2n) is 5.44. The fourth-order valence-corrected chi connectivity index (χ4v) is 2.33. The van der Waals surface area contributed by atoms with E-state index >= 15 is 0 Å². The Morgan fingerprint density at radius 3 is 2.32 bits per heavy atom. The number of benzene rings is 2. The Morgan fingerprint density at radius 2 is 1.68 bits per heavy atom. The topological polar surface area (TPSA) is 52.9 Å². The van der Waals surface area contributed by atoms with E-state index in [0.717, 1.165) is 17.7 Å².